The summed E-state index contributed by atoms with van der Waals surface area (Å²) in [6.45, 7) is -0.318. The summed E-state index contributed by atoms with van der Waals surface area (Å²) in [7, 11) is 0. The molecular weight excluding hydrogens is 216 g/mol. The highest BCUT2D eigenvalue weighted by molar-refractivity contribution is 5.76. The van der Waals surface area contributed by atoms with E-state index >= 15 is 0 Å². The quantitative estimate of drug-likeness (QED) is 0.855. The Bertz CT molecular complexity index is 420. The number of halogens is 2. The van der Waals surface area contributed by atoms with Crippen molar-refractivity contribution in [2.75, 3.05) is 18.0 Å². The van der Waals surface area contributed by atoms with Crippen LogP contribution in [-0.4, -0.2) is 30.1 Å². The van der Waals surface area contributed by atoms with Crippen LogP contribution in [-0.2, 0) is 11.2 Å². The van der Waals surface area contributed by atoms with Gasteiger partial charge in [-0.2, -0.15) is 8.78 Å². The zero-order valence-electron chi connectivity index (χ0n) is 8.49. The molecule has 0 amide bonds. The Kier molecular flexibility index (Phi) is 2.53. The van der Waals surface area contributed by atoms with E-state index in [1.165, 1.54) is 4.90 Å². The number of hydrogen-bond donors (Lipinski definition) is 1. The van der Waals surface area contributed by atoms with E-state index in [-0.39, 0.29) is 0 Å². The van der Waals surface area contributed by atoms with E-state index in [0.29, 0.717) is 18.7 Å². The highest BCUT2D eigenvalue weighted by atomic mass is 19.3. The largest absolute Gasteiger partial charge is 0.477 e. The van der Waals surface area contributed by atoms with Crippen molar-refractivity contribution in [2.45, 2.75) is 12.3 Å². The van der Waals surface area contributed by atoms with Crippen molar-refractivity contribution in [1.82, 2.24) is 0 Å². The lowest BCUT2D eigenvalue weighted by Gasteiger charge is -2.22. The molecule has 0 radical (unpaired) electrons. The van der Waals surface area contributed by atoms with Gasteiger partial charge in [-0.05, 0) is 18.1 Å². The van der Waals surface area contributed by atoms with Crippen LogP contribution >= 0.6 is 0 Å². The van der Waals surface area contributed by atoms with Crippen LogP contribution in [0.2, 0.25) is 0 Å². The van der Waals surface area contributed by atoms with Crippen LogP contribution in [0.1, 0.15) is 5.56 Å². The van der Waals surface area contributed by atoms with Gasteiger partial charge in [-0.3, -0.25) is 0 Å². The van der Waals surface area contributed by atoms with Gasteiger partial charge in [0.05, 0.1) is 6.54 Å². The van der Waals surface area contributed by atoms with Gasteiger partial charge >= 0.3 is 11.9 Å². The first-order valence-electron chi connectivity index (χ1n) is 4.95. The summed E-state index contributed by atoms with van der Waals surface area (Å²) in [5.74, 6) is -5.77. The number of aliphatic carboxylic acids is 1. The SMILES string of the molecule is O=C(O)C(F)(F)CN1CCc2ccccc21. The Labute approximate surface area is 91.3 Å². The van der Waals surface area contributed by atoms with E-state index in [0.717, 1.165) is 5.56 Å². The van der Waals surface area contributed by atoms with Crippen molar-refractivity contribution in [3.8, 4) is 0 Å². The molecule has 0 spiro atoms. The second kappa shape index (κ2) is 3.73. The molecule has 0 atom stereocenters. The Morgan fingerprint density at radius 3 is 2.81 bits per heavy atom. The molecule has 1 heterocycles. The van der Waals surface area contributed by atoms with Crippen LogP contribution in [0, 0.1) is 0 Å². The fourth-order valence-corrected chi connectivity index (χ4v) is 1.88. The van der Waals surface area contributed by atoms with E-state index in [2.05, 4.69) is 0 Å². The zero-order chi connectivity index (χ0) is 11.8. The van der Waals surface area contributed by atoms with Crippen molar-refractivity contribution in [1.29, 1.82) is 0 Å². The number of hydrogen-bond acceptors (Lipinski definition) is 2. The molecule has 16 heavy (non-hydrogen) atoms. The molecule has 1 aliphatic heterocycles. The third-order valence-corrected chi connectivity index (χ3v) is 2.69. The minimum atomic E-state index is -3.70. The minimum Gasteiger partial charge on any atom is -0.477 e. The van der Waals surface area contributed by atoms with Gasteiger partial charge in [0.15, 0.2) is 0 Å². The molecule has 0 bridgehead atoms. The number of benzene rings is 1. The van der Waals surface area contributed by atoms with Crippen LogP contribution in [0.5, 0.6) is 0 Å². The molecule has 1 aliphatic rings. The normalized spacial score (nSPS) is 15.0. The van der Waals surface area contributed by atoms with Crippen molar-refractivity contribution in [3.63, 3.8) is 0 Å². The van der Waals surface area contributed by atoms with E-state index in [9.17, 15) is 13.6 Å². The number of carbonyl (C=O) groups is 1. The Morgan fingerprint density at radius 1 is 1.44 bits per heavy atom. The lowest BCUT2D eigenvalue weighted by molar-refractivity contribution is -0.163. The average Bonchev–Trinajstić information content (AvgIpc) is 2.61. The lowest BCUT2D eigenvalue weighted by atomic mass is 10.2. The van der Waals surface area contributed by atoms with Crippen molar-refractivity contribution >= 4 is 11.7 Å². The third-order valence-electron chi connectivity index (χ3n) is 2.69. The molecule has 3 nitrogen and oxygen atoms in total. The van der Waals surface area contributed by atoms with Gasteiger partial charge in [-0.25, -0.2) is 4.79 Å². The highest BCUT2D eigenvalue weighted by Gasteiger charge is 2.41. The lowest BCUT2D eigenvalue weighted by Crippen LogP contribution is -2.41. The van der Waals surface area contributed by atoms with Crippen LogP contribution in [0.25, 0.3) is 0 Å². The molecule has 0 aliphatic carbocycles. The van der Waals surface area contributed by atoms with E-state index in [4.69, 9.17) is 5.11 Å². The van der Waals surface area contributed by atoms with E-state index < -0.39 is 18.4 Å². The first-order chi connectivity index (χ1) is 7.50. The maximum Gasteiger partial charge on any atom is 0.376 e. The van der Waals surface area contributed by atoms with Crippen LogP contribution in [0.4, 0.5) is 14.5 Å². The Morgan fingerprint density at radius 2 is 2.12 bits per heavy atom. The molecule has 0 fully saturated rings. The average molecular weight is 227 g/mol. The standard InChI is InChI=1S/C11H11F2NO2/c12-11(13,10(15)16)7-14-6-5-8-3-1-2-4-9(8)14/h1-4H,5-7H2,(H,15,16). The summed E-state index contributed by atoms with van der Waals surface area (Å²) in [5.41, 5.74) is 1.70. The number of para-hydroxylation sites is 1. The second-order valence-corrected chi connectivity index (χ2v) is 3.81. The molecule has 1 N–H and O–H groups in total. The molecule has 0 unspecified atom stereocenters. The molecular formula is C11H11F2NO2. The molecule has 1 aromatic rings. The number of alkyl halides is 2. The van der Waals surface area contributed by atoms with Gasteiger partial charge < -0.3 is 10.0 Å². The predicted molar refractivity (Wildman–Crippen MR) is 54.9 cm³/mol. The highest BCUT2D eigenvalue weighted by Crippen LogP contribution is 2.30. The van der Waals surface area contributed by atoms with E-state index in [1.54, 1.807) is 12.1 Å². The fraction of sp³-hybridized carbons (Fsp3) is 0.364. The summed E-state index contributed by atoms with van der Waals surface area (Å²) < 4.78 is 26.1. The topological polar surface area (TPSA) is 40.5 Å². The molecule has 0 saturated heterocycles. The minimum absolute atomic E-state index is 0.447. The molecule has 2 rings (SSSR count). The zero-order valence-corrected chi connectivity index (χ0v) is 8.49. The van der Waals surface area contributed by atoms with Gasteiger partial charge in [0.25, 0.3) is 0 Å². The summed E-state index contributed by atoms with van der Waals surface area (Å²) in [6, 6.07) is 7.21. The molecule has 0 saturated carbocycles. The van der Waals surface area contributed by atoms with Crippen LogP contribution in [0.15, 0.2) is 24.3 Å². The maximum absolute atomic E-state index is 13.1. The molecule has 5 heteroatoms. The molecule has 0 aromatic heterocycles. The van der Waals surface area contributed by atoms with Crippen LogP contribution < -0.4 is 4.90 Å². The third kappa shape index (κ3) is 1.85. The monoisotopic (exact) mass is 227 g/mol. The second-order valence-electron chi connectivity index (χ2n) is 3.81. The number of anilines is 1. The number of nitrogens with zero attached hydrogens (tertiary/aromatic N) is 1. The fourth-order valence-electron chi connectivity index (χ4n) is 1.88. The molecule has 86 valence electrons. The maximum atomic E-state index is 13.1. The van der Waals surface area contributed by atoms with Crippen molar-refractivity contribution < 1.29 is 18.7 Å². The van der Waals surface area contributed by atoms with Gasteiger partial charge in [0.1, 0.15) is 0 Å². The van der Waals surface area contributed by atoms with Gasteiger partial charge in [-0.1, -0.05) is 18.2 Å². The van der Waals surface area contributed by atoms with Gasteiger partial charge in [0, 0.05) is 12.2 Å². The van der Waals surface area contributed by atoms with Crippen LogP contribution in [0.3, 0.4) is 0 Å². The molecule has 1 aromatic carbocycles. The van der Waals surface area contributed by atoms with Gasteiger partial charge in [0.2, 0.25) is 0 Å². The summed E-state index contributed by atoms with van der Waals surface area (Å²) in [5, 5.41) is 8.37. The Balaban J connectivity index is 2.18. The Hall–Kier alpha value is -1.65. The van der Waals surface area contributed by atoms with Crippen molar-refractivity contribution in [2.24, 2.45) is 0 Å². The summed E-state index contributed by atoms with van der Waals surface area (Å²) in [6.07, 6.45) is 0.686. The van der Waals surface area contributed by atoms with E-state index in [1.807, 2.05) is 12.1 Å². The first kappa shape index (κ1) is 10.9. The summed E-state index contributed by atoms with van der Waals surface area (Å²) in [4.78, 5) is 11.8. The number of carboxylic acid groups (broad SMARTS) is 1. The number of fused-ring (bicyclic) bond motifs is 1. The smallest absolute Gasteiger partial charge is 0.376 e. The summed E-state index contributed by atoms with van der Waals surface area (Å²) >= 11 is 0. The predicted octanol–water partition coefficient (Wildman–Crippen LogP) is 1.77. The van der Waals surface area contributed by atoms with Gasteiger partial charge in [-0.15, -0.1) is 0 Å². The first-order valence-corrected chi connectivity index (χ1v) is 4.95. The van der Waals surface area contributed by atoms with Crippen molar-refractivity contribution in [3.05, 3.63) is 29.8 Å². The number of carboxylic acids is 1. The number of rotatable bonds is 3.